The number of carboxylic acid groups (broad SMARTS) is 1. The molecule has 0 amide bonds. The zero-order valence-corrected chi connectivity index (χ0v) is 25.3. The minimum absolute atomic E-state index is 0.149. The minimum atomic E-state index is -3.83. The van der Waals surface area contributed by atoms with Crippen molar-refractivity contribution in [2.45, 2.75) is 68.3 Å². The summed E-state index contributed by atoms with van der Waals surface area (Å²) >= 11 is 0. The first kappa shape index (κ1) is 31.5. The molecule has 5 rings (SSSR count). The van der Waals surface area contributed by atoms with Gasteiger partial charge >= 0.3 is 5.97 Å². The van der Waals surface area contributed by atoms with Crippen LogP contribution in [-0.2, 0) is 32.5 Å². The van der Waals surface area contributed by atoms with Crippen molar-refractivity contribution in [1.29, 1.82) is 0 Å². The average molecular weight is 629 g/mol. The van der Waals surface area contributed by atoms with Crippen LogP contribution >= 0.6 is 0 Å². The van der Waals surface area contributed by atoms with E-state index in [1.54, 1.807) is 42.5 Å². The van der Waals surface area contributed by atoms with Gasteiger partial charge in [0.05, 0.1) is 12.0 Å². The molecule has 13 heteroatoms. The zero-order chi connectivity index (χ0) is 31.8. The largest absolute Gasteiger partial charge is 0.493 e. The summed E-state index contributed by atoms with van der Waals surface area (Å²) in [5.41, 5.74) is 3.80. The molecule has 12 nitrogen and oxygen atoms in total. The van der Waals surface area contributed by atoms with Gasteiger partial charge < -0.3 is 39.5 Å². The van der Waals surface area contributed by atoms with Crippen molar-refractivity contribution >= 4 is 27.4 Å². The fourth-order valence-corrected chi connectivity index (χ4v) is 6.50. The van der Waals surface area contributed by atoms with Crippen LogP contribution in [0.4, 0.5) is 11.4 Å². The molecule has 2 aliphatic heterocycles. The summed E-state index contributed by atoms with van der Waals surface area (Å²) in [5, 5.41) is 40.2. The summed E-state index contributed by atoms with van der Waals surface area (Å²) in [6.45, 7) is 4.95. The molecule has 1 saturated heterocycles. The van der Waals surface area contributed by atoms with E-state index in [2.05, 4.69) is 4.72 Å². The van der Waals surface area contributed by atoms with Crippen LogP contribution in [0.3, 0.4) is 0 Å². The number of benzene rings is 3. The first-order chi connectivity index (χ1) is 20.9. The molecule has 0 bridgehead atoms. The maximum Gasteiger partial charge on any atom is 0.335 e. The summed E-state index contributed by atoms with van der Waals surface area (Å²) in [6.07, 6.45) is -8.26. The molecular formula is C31H36N2O10S. The zero-order valence-electron chi connectivity index (χ0n) is 24.5. The van der Waals surface area contributed by atoms with E-state index in [-0.39, 0.29) is 22.3 Å². The highest BCUT2D eigenvalue weighted by Crippen LogP contribution is 2.38. The van der Waals surface area contributed by atoms with Crippen molar-refractivity contribution in [3.8, 4) is 11.5 Å². The third-order valence-corrected chi connectivity index (χ3v) is 9.23. The molecule has 5 atom stereocenters. The van der Waals surface area contributed by atoms with Crippen LogP contribution in [0.15, 0.2) is 65.6 Å². The fourth-order valence-electron chi connectivity index (χ4n) is 5.40. The number of hydrogen-bond acceptors (Lipinski definition) is 10. The number of carboxylic acids is 1. The number of anilines is 2. The van der Waals surface area contributed by atoms with Crippen LogP contribution < -0.4 is 19.1 Å². The molecule has 0 aliphatic carbocycles. The van der Waals surface area contributed by atoms with Crippen LogP contribution in [0.25, 0.3) is 0 Å². The number of sulfonamides is 1. The number of aliphatic carboxylic acids is 1. The minimum Gasteiger partial charge on any atom is -0.493 e. The quantitative estimate of drug-likeness (QED) is 0.223. The Hall–Kier alpha value is -3.88. The number of nitrogens with zero attached hydrogens (tertiary/aromatic N) is 1. The van der Waals surface area contributed by atoms with Crippen molar-refractivity contribution in [2.75, 3.05) is 23.3 Å². The number of ether oxygens (including phenoxy) is 3. The second-order valence-corrected chi connectivity index (χ2v) is 12.8. The number of hydrogen-bond donors (Lipinski definition) is 5. The normalized spacial score (nSPS) is 23.3. The molecule has 3 aromatic carbocycles. The van der Waals surface area contributed by atoms with Crippen LogP contribution in [0, 0.1) is 0 Å². The lowest BCUT2D eigenvalue weighted by Crippen LogP contribution is -2.61. The van der Waals surface area contributed by atoms with Gasteiger partial charge in [0.1, 0.15) is 18.3 Å². The first-order valence-corrected chi connectivity index (χ1v) is 15.6. The van der Waals surface area contributed by atoms with Crippen LogP contribution in [0.5, 0.6) is 11.5 Å². The van der Waals surface area contributed by atoms with Crippen LogP contribution in [-0.4, -0.2) is 79.2 Å². The van der Waals surface area contributed by atoms with Gasteiger partial charge in [0.15, 0.2) is 17.6 Å². The summed E-state index contributed by atoms with van der Waals surface area (Å²) in [5.74, 6) is -0.833. The van der Waals surface area contributed by atoms with E-state index in [1.807, 2.05) is 36.9 Å². The first-order valence-electron chi connectivity index (χ1n) is 14.1. The maximum atomic E-state index is 13.2. The van der Waals surface area contributed by atoms with E-state index in [0.29, 0.717) is 30.8 Å². The van der Waals surface area contributed by atoms with Crippen molar-refractivity contribution < 1.29 is 47.8 Å². The topological polar surface area (TPSA) is 175 Å². The Labute approximate surface area is 255 Å². The Morgan fingerprint density at radius 1 is 1.05 bits per heavy atom. The van der Waals surface area contributed by atoms with Crippen LogP contribution in [0.2, 0.25) is 0 Å². The summed E-state index contributed by atoms with van der Waals surface area (Å²) in [4.78, 5) is 13.7. The molecule has 1 fully saturated rings. The number of nitrogens with one attached hydrogen (secondary N) is 1. The monoisotopic (exact) mass is 628 g/mol. The molecule has 0 unspecified atom stereocenters. The lowest BCUT2D eigenvalue weighted by molar-refractivity contribution is -0.271. The van der Waals surface area contributed by atoms with Gasteiger partial charge in [-0.3, -0.25) is 4.72 Å². The second-order valence-electron chi connectivity index (χ2n) is 11.1. The van der Waals surface area contributed by atoms with E-state index in [0.717, 1.165) is 16.8 Å². The predicted octanol–water partition coefficient (Wildman–Crippen LogP) is 2.45. The molecule has 0 spiro atoms. The maximum absolute atomic E-state index is 13.2. The lowest BCUT2D eigenvalue weighted by Gasteiger charge is -2.38. The smallest absolute Gasteiger partial charge is 0.335 e. The molecule has 0 radical (unpaired) electrons. The number of carbonyl (C=O) groups is 1. The van der Waals surface area contributed by atoms with E-state index >= 15 is 0 Å². The van der Waals surface area contributed by atoms with Gasteiger partial charge in [-0.05, 0) is 59.9 Å². The number of rotatable bonds is 10. The highest BCUT2D eigenvalue weighted by molar-refractivity contribution is 7.92. The summed E-state index contributed by atoms with van der Waals surface area (Å²) in [7, 11) is -2.41. The number of aliphatic hydroxyl groups is 3. The Bertz CT molecular complexity index is 1630. The molecular weight excluding hydrogens is 592 g/mol. The van der Waals surface area contributed by atoms with Crippen LogP contribution in [0.1, 0.15) is 36.5 Å². The van der Waals surface area contributed by atoms with Gasteiger partial charge in [-0.2, -0.15) is 0 Å². The molecule has 44 heavy (non-hydrogen) atoms. The van der Waals surface area contributed by atoms with Crippen molar-refractivity contribution in [2.24, 2.45) is 0 Å². The van der Waals surface area contributed by atoms with Crippen molar-refractivity contribution in [1.82, 2.24) is 0 Å². The average Bonchev–Trinajstić information content (AvgIpc) is 3.39. The summed E-state index contributed by atoms with van der Waals surface area (Å²) in [6, 6.07) is 17.4. The van der Waals surface area contributed by atoms with Crippen molar-refractivity contribution in [3.63, 3.8) is 0 Å². The van der Waals surface area contributed by atoms with E-state index < -0.39 is 46.7 Å². The van der Waals surface area contributed by atoms with Gasteiger partial charge in [-0.25, -0.2) is 13.2 Å². The molecule has 236 valence electrons. The number of para-hydroxylation sites is 1. The molecule has 5 N–H and O–H groups in total. The Kier molecular flexibility index (Phi) is 9.05. The Morgan fingerprint density at radius 2 is 1.80 bits per heavy atom. The van der Waals surface area contributed by atoms with Gasteiger partial charge in [-0.15, -0.1) is 0 Å². The Morgan fingerprint density at radius 3 is 2.50 bits per heavy atom. The van der Waals surface area contributed by atoms with Gasteiger partial charge in [0, 0.05) is 30.0 Å². The number of aliphatic hydroxyl groups excluding tert-OH is 3. The highest BCUT2D eigenvalue weighted by Gasteiger charge is 2.48. The third kappa shape index (κ3) is 6.33. The SMILES string of the molecule is COc1cccc(CN2CCc3cc(S(=O)(=O)Nc4cccc(C(C)C)c4)ccc32)c1O[C@@H]1O[C@@H](C(=O)O)[C@H](O)[C@@H](O)[C@@H]1O. The van der Waals surface area contributed by atoms with Crippen molar-refractivity contribution in [3.05, 3.63) is 77.4 Å². The number of methoxy groups -OCH3 is 1. The van der Waals surface area contributed by atoms with Gasteiger partial charge in [0.2, 0.25) is 6.29 Å². The number of fused-ring (bicyclic) bond motifs is 1. The third-order valence-electron chi connectivity index (χ3n) is 7.85. The fraction of sp³-hybridized carbons (Fsp3) is 0.387. The predicted molar refractivity (Wildman–Crippen MR) is 160 cm³/mol. The van der Waals surface area contributed by atoms with Gasteiger partial charge in [0.25, 0.3) is 10.0 Å². The van der Waals surface area contributed by atoms with E-state index in [1.165, 1.54) is 7.11 Å². The molecule has 0 saturated carbocycles. The Balaban J connectivity index is 1.37. The lowest BCUT2D eigenvalue weighted by atomic mass is 9.99. The molecule has 3 aromatic rings. The standard InChI is InChI=1S/C31H36N2O10S/c1-17(2)18-6-4-8-21(14-18)32-44(39,40)22-10-11-23-19(15-22)12-13-33(23)16-20-7-5-9-24(41-3)28(20)42-31-27(36)25(34)26(35)29(43-31)30(37)38/h4-11,14-15,17,25-27,29,31-32,34-36H,12-13,16H2,1-3H3,(H,37,38)/t25-,26-,27+,29-,31-/m1/s1. The molecule has 2 aliphatic rings. The molecule has 2 heterocycles. The summed E-state index contributed by atoms with van der Waals surface area (Å²) < 4.78 is 45.8. The second kappa shape index (κ2) is 12.6. The highest BCUT2D eigenvalue weighted by atomic mass is 32.2. The van der Waals surface area contributed by atoms with Gasteiger partial charge in [-0.1, -0.05) is 38.1 Å². The van der Waals surface area contributed by atoms with E-state index in [9.17, 15) is 33.6 Å². The molecule has 0 aromatic heterocycles. The van der Waals surface area contributed by atoms with E-state index in [4.69, 9.17) is 14.2 Å².